The number of rotatable bonds is 5. The lowest BCUT2D eigenvalue weighted by atomic mass is 10.1. The summed E-state index contributed by atoms with van der Waals surface area (Å²) in [6.45, 7) is 2.07. The summed E-state index contributed by atoms with van der Waals surface area (Å²) >= 11 is 3.23. The van der Waals surface area contributed by atoms with Crippen molar-refractivity contribution in [1.29, 1.82) is 0 Å². The molecule has 0 spiro atoms. The fraction of sp³-hybridized carbons (Fsp3) is 0.455. The Labute approximate surface area is 104 Å². The summed E-state index contributed by atoms with van der Waals surface area (Å²) in [5, 5.41) is 2.73. The molecule has 16 heavy (non-hydrogen) atoms. The number of hydrogen-bond acceptors (Lipinski definition) is 3. The van der Waals surface area contributed by atoms with Gasteiger partial charge >= 0.3 is 0 Å². The summed E-state index contributed by atoms with van der Waals surface area (Å²) in [6.07, 6.45) is 4.31. The topological polar surface area (TPSA) is 68.0 Å². The number of nitrogens with two attached hydrogens (primary N) is 1. The van der Waals surface area contributed by atoms with Crippen LogP contribution in [0.3, 0.4) is 0 Å². The lowest BCUT2D eigenvalue weighted by Crippen LogP contribution is -2.35. The van der Waals surface area contributed by atoms with E-state index in [2.05, 4.69) is 33.2 Å². The van der Waals surface area contributed by atoms with Crippen LogP contribution in [0.2, 0.25) is 0 Å². The average Bonchev–Trinajstić information content (AvgIpc) is 2.29. The van der Waals surface area contributed by atoms with E-state index in [0.717, 1.165) is 17.4 Å². The second kappa shape index (κ2) is 6.60. The maximum atomic E-state index is 11.6. The van der Waals surface area contributed by atoms with Crippen LogP contribution >= 0.6 is 15.9 Å². The van der Waals surface area contributed by atoms with E-state index >= 15 is 0 Å². The first kappa shape index (κ1) is 13.1. The van der Waals surface area contributed by atoms with Gasteiger partial charge in [-0.15, -0.1) is 0 Å². The maximum absolute atomic E-state index is 11.6. The summed E-state index contributed by atoms with van der Waals surface area (Å²) in [5.74, 6) is -0.155. The van der Waals surface area contributed by atoms with Crippen molar-refractivity contribution in [3.05, 3.63) is 22.9 Å². The predicted octanol–water partition coefficient (Wildman–Crippen LogP) is 2.30. The fourth-order valence-electron chi connectivity index (χ4n) is 1.24. The molecule has 0 saturated heterocycles. The number of pyridine rings is 1. The molecular weight excluding hydrogens is 270 g/mol. The van der Waals surface area contributed by atoms with Crippen LogP contribution in [-0.4, -0.2) is 16.9 Å². The van der Waals surface area contributed by atoms with Crippen molar-refractivity contribution >= 4 is 27.5 Å². The van der Waals surface area contributed by atoms with Gasteiger partial charge in [0.1, 0.15) is 4.60 Å². The highest BCUT2D eigenvalue weighted by atomic mass is 79.9. The Morgan fingerprint density at radius 3 is 2.94 bits per heavy atom. The Hall–Kier alpha value is -0.940. The monoisotopic (exact) mass is 285 g/mol. The van der Waals surface area contributed by atoms with Gasteiger partial charge in [-0.25, -0.2) is 4.98 Å². The van der Waals surface area contributed by atoms with Gasteiger partial charge in [0, 0.05) is 0 Å². The summed E-state index contributed by atoms with van der Waals surface area (Å²) in [7, 11) is 0. The summed E-state index contributed by atoms with van der Waals surface area (Å²) in [4.78, 5) is 15.6. The molecule has 5 heteroatoms. The Bertz CT molecular complexity index is 340. The van der Waals surface area contributed by atoms with Crippen molar-refractivity contribution in [3.63, 3.8) is 0 Å². The van der Waals surface area contributed by atoms with Crippen molar-refractivity contribution in [2.75, 3.05) is 5.32 Å². The van der Waals surface area contributed by atoms with Crippen molar-refractivity contribution in [2.45, 2.75) is 32.2 Å². The molecule has 0 bridgehead atoms. The number of anilines is 1. The van der Waals surface area contributed by atoms with E-state index in [1.165, 1.54) is 0 Å². The SMILES string of the molecule is CCCC[C@H](N)C(=O)Nc1ccc(Br)nc1. The summed E-state index contributed by atoms with van der Waals surface area (Å²) in [6, 6.07) is 3.11. The van der Waals surface area contributed by atoms with E-state index in [-0.39, 0.29) is 5.91 Å². The largest absolute Gasteiger partial charge is 0.323 e. The first-order valence-electron chi connectivity index (χ1n) is 5.31. The standard InChI is InChI=1S/C11H16BrN3O/c1-2-3-4-9(13)11(16)15-8-5-6-10(12)14-7-8/h5-7,9H,2-4,13H2,1H3,(H,15,16)/t9-/m0/s1. The van der Waals surface area contributed by atoms with E-state index in [1.54, 1.807) is 18.3 Å². The molecular formula is C11H16BrN3O. The highest BCUT2D eigenvalue weighted by Crippen LogP contribution is 2.11. The number of carbonyl (C=O) groups is 1. The third kappa shape index (κ3) is 4.28. The van der Waals surface area contributed by atoms with Crippen LogP contribution in [0, 0.1) is 0 Å². The Morgan fingerprint density at radius 1 is 1.62 bits per heavy atom. The Kier molecular flexibility index (Phi) is 5.42. The second-order valence-corrected chi connectivity index (χ2v) is 4.42. The Balaban J connectivity index is 2.47. The van der Waals surface area contributed by atoms with Crippen LogP contribution in [0.5, 0.6) is 0 Å². The van der Waals surface area contributed by atoms with E-state index in [1.807, 2.05) is 0 Å². The molecule has 1 amide bonds. The number of nitrogens with one attached hydrogen (secondary N) is 1. The zero-order chi connectivity index (χ0) is 12.0. The van der Waals surface area contributed by atoms with Gasteiger partial charge < -0.3 is 11.1 Å². The second-order valence-electron chi connectivity index (χ2n) is 3.61. The maximum Gasteiger partial charge on any atom is 0.241 e. The molecule has 1 atom stereocenters. The van der Waals surface area contributed by atoms with Gasteiger partial charge in [0.15, 0.2) is 0 Å². The number of unbranched alkanes of at least 4 members (excludes halogenated alkanes) is 1. The minimum absolute atomic E-state index is 0.155. The van der Waals surface area contributed by atoms with Gasteiger partial charge in [-0.3, -0.25) is 4.79 Å². The molecule has 0 aliphatic heterocycles. The lowest BCUT2D eigenvalue weighted by Gasteiger charge is -2.11. The van der Waals surface area contributed by atoms with Crippen LogP contribution in [0.4, 0.5) is 5.69 Å². The minimum atomic E-state index is -0.441. The molecule has 1 aromatic rings. The molecule has 0 saturated carbocycles. The molecule has 0 aliphatic rings. The van der Waals surface area contributed by atoms with Crippen LogP contribution in [0.1, 0.15) is 26.2 Å². The molecule has 3 N–H and O–H groups in total. The zero-order valence-electron chi connectivity index (χ0n) is 9.24. The van der Waals surface area contributed by atoms with Crippen LogP contribution in [0.25, 0.3) is 0 Å². The normalized spacial score (nSPS) is 12.2. The molecule has 0 aromatic carbocycles. The van der Waals surface area contributed by atoms with Crippen molar-refractivity contribution in [2.24, 2.45) is 5.73 Å². The number of carbonyl (C=O) groups excluding carboxylic acids is 1. The summed E-state index contributed by atoms with van der Waals surface area (Å²) in [5.41, 5.74) is 6.41. The fourth-order valence-corrected chi connectivity index (χ4v) is 1.47. The molecule has 0 fully saturated rings. The van der Waals surface area contributed by atoms with Gasteiger partial charge in [0.2, 0.25) is 5.91 Å². The molecule has 0 aliphatic carbocycles. The van der Waals surface area contributed by atoms with Crippen LogP contribution < -0.4 is 11.1 Å². The number of aromatic nitrogens is 1. The highest BCUT2D eigenvalue weighted by molar-refractivity contribution is 9.10. The molecule has 1 aromatic heterocycles. The van der Waals surface area contributed by atoms with Crippen LogP contribution in [0.15, 0.2) is 22.9 Å². The van der Waals surface area contributed by atoms with Gasteiger partial charge in [0.25, 0.3) is 0 Å². The van der Waals surface area contributed by atoms with Gasteiger partial charge in [-0.2, -0.15) is 0 Å². The van der Waals surface area contributed by atoms with E-state index in [0.29, 0.717) is 12.1 Å². The zero-order valence-corrected chi connectivity index (χ0v) is 10.8. The van der Waals surface area contributed by atoms with Gasteiger partial charge in [0.05, 0.1) is 17.9 Å². The van der Waals surface area contributed by atoms with E-state index in [9.17, 15) is 4.79 Å². The predicted molar refractivity (Wildman–Crippen MR) is 68.1 cm³/mol. The number of amides is 1. The lowest BCUT2D eigenvalue weighted by molar-refractivity contribution is -0.117. The first-order valence-corrected chi connectivity index (χ1v) is 6.10. The molecule has 4 nitrogen and oxygen atoms in total. The van der Waals surface area contributed by atoms with Gasteiger partial charge in [-0.05, 0) is 34.5 Å². The average molecular weight is 286 g/mol. The Morgan fingerprint density at radius 2 is 2.38 bits per heavy atom. The molecule has 1 heterocycles. The summed E-state index contributed by atoms with van der Waals surface area (Å²) < 4.78 is 0.737. The van der Waals surface area contributed by atoms with Crippen molar-refractivity contribution < 1.29 is 4.79 Å². The molecule has 1 rings (SSSR count). The number of nitrogens with zero attached hydrogens (tertiary/aromatic N) is 1. The number of hydrogen-bond donors (Lipinski definition) is 2. The smallest absolute Gasteiger partial charge is 0.241 e. The first-order chi connectivity index (χ1) is 7.63. The van der Waals surface area contributed by atoms with Crippen LogP contribution in [-0.2, 0) is 4.79 Å². The highest BCUT2D eigenvalue weighted by Gasteiger charge is 2.12. The molecule has 88 valence electrons. The van der Waals surface area contributed by atoms with Crippen molar-refractivity contribution in [1.82, 2.24) is 4.98 Å². The third-order valence-corrected chi connectivity index (χ3v) is 2.67. The van der Waals surface area contributed by atoms with Gasteiger partial charge in [-0.1, -0.05) is 19.8 Å². The number of halogens is 1. The van der Waals surface area contributed by atoms with Crippen molar-refractivity contribution in [3.8, 4) is 0 Å². The van der Waals surface area contributed by atoms with E-state index in [4.69, 9.17) is 5.73 Å². The molecule has 0 radical (unpaired) electrons. The van der Waals surface area contributed by atoms with E-state index < -0.39 is 6.04 Å². The third-order valence-electron chi connectivity index (χ3n) is 2.20. The molecule has 0 unspecified atom stereocenters. The quantitative estimate of drug-likeness (QED) is 0.816. The minimum Gasteiger partial charge on any atom is -0.323 e.